The second-order valence-electron chi connectivity index (χ2n) is 6.10. The molecule has 0 radical (unpaired) electrons. The Kier molecular flexibility index (Phi) is 3.79. The van der Waals surface area contributed by atoms with E-state index in [4.69, 9.17) is 9.47 Å². The highest BCUT2D eigenvalue weighted by molar-refractivity contribution is 5.91. The number of benzene rings is 1. The fourth-order valence-corrected chi connectivity index (χ4v) is 3.11. The zero-order chi connectivity index (χ0) is 17.4. The van der Waals surface area contributed by atoms with E-state index in [1.54, 1.807) is 4.90 Å². The van der Waals surface area contributed by atoms with Crippen LogP contribution in [-0.4, -0.2) is 48.0 Å². The van der Waals surface area contributed by atoms with Crippen molar-refractivity contribution in [2.75, 3.05) is 24.6 Å². The number of nitrogens with one attached hydrogen (secondary N) is 2. The fourth-order valence-electron chi connectivity index (χ4n) is 3.11. The summed E-state index contributed by atoms with van der Waals surface area (Å²) >= 11 is 0. The van der Waals surface area contributed by atoms with E-state index in [0.29, 0.717) is 31.1 Å². The smallest absolute Gasteiger partial charge is 0.414 e. The van der Waals surface area contributed by atoms with E-state index in [0.717, 1.165) is 23.2 Å². The van der Waals surface area contributed by atoms with Crippen molar-refractivity contribution in [2.45, 2.75) is 19.4 Å². The molecule has 1 saturated heterocycles. The Balaban J connectivity index is 1.58. The minimum absolute atomic E-state index is 0.150. The largest absolute Gasteiger partial charge is 0.492 e. The van der Waals surface area contributed by atoms with Gasteiger partial charge in [-0.25, -0.2) is 4.79 Å². The van der Waals surface area contributed by atoms with E-state index in [-0.39, 0.29) is 12.0 Å². The molecular weight excluding hydrogens is 324 g/mol. The lowest BCUT2D eigenvalue weighted by Gasteiger charge is -2.16. The minimum atomic E-state index is -0.425. The normalized spacial score (nSPS) is 18.7. The van der Waals surface area contributed by atoms with E-state index in [9.17, 15) is 9.59 Å². The molecule has 2 N–H and O–H groups in total. The summed E-state index contributed by atoms with van der Waals surface area (Å²) in [5.41, 5.74) is 3.70. The Morgan fingerprint density at radius 3 is 3.20 bits per heavy atom. The van der Waals surface area contributed by atoms with E-state index < -0.39 is 6.09 Å². The number of rotatable bonds is 3. The molecule has 0 aliphatic carbocycles. The number of carbonyl (C=O) groups is 2. The molecule has 0 saturated carbocycles. The molecule has 1 aromatic heterocycles. The number of carbonyl (C=O) groups excluding carboxylic acids is 2. The molecule has 3 heterocycles. The van der Waals surface area contributed by atoms with Crippen LogP contribution in [0.3, 0.4) is 0 Å². The van der Waals surface area contributed by atoms with Crippen molar-refractivity contribution >= 4 is 17.7 Å². The first kappa shape index (κ1) is 15.5. The van der Waals surface area contributed by atoms with Gasteiger partial charge in [0.05, 0.1) is 37.3 Å². The number of fused-ring (bicyclic) bond motifs is 3. The zero-order valence-electron chi connectivity index (χ0n) is 13.7. The number of hydrogen-bond donors (Lipinski definition) is 2. The van der Waals surface area contributed by atoms with Gasteiger partial charge in [-0.15, -0.1) is 0 Å². The Morgan fingerprint density at radius 2 is 2.36 bits per heavy atom. The fraction of sp³-hybridized carbons (Fsp3) is 0.353. The van der Waals surface area contributed by atoms with Crippen molar-refractivity contribution < 1.29 is 19.1 Å². The molecule has 8 heteroatoms. The molecule has 1 aromatic carbocycles. The Hall–Kier alpha value is -3.03. The van der Waals surface area contributed by atoms with Crippen LogP contribution >= 0.6 is 0 Å². The maximum atomic E-state index is 12.2. The van der Waals surface area contributed by atoms with E-state index >= 15 is 0 Å². The number of H-pyrrole nitrogens is 1. The molecule has 8 nitrogen and oxygen atoms in total. The maximum absolute atomic E-state index is 12.2. The predicted octanol–water partition coefficient (Wildman–Crippen LogP) is 1.47. The van der Waals surface area contributed by atoms with E-state index in [1.807, 2.05) is 24.4 Å². The van der Waals surface area contributed by atoms with E-state index in [2.05, 4.69) is 15.5 Å². The summed E-state index contributed by atoms with van der Waals surface area (Å²) in [6.45, 7) is 2.67. The summed E-state index contributed by atoms with van der Waals surface area (Å²) in [4.78, 5) is 24.7. The van der Waals surface area contributed by atoms with Gasteiger partial charge in [-0.1, -0.05) is 0 Å². The lowest BCUT2D eigenvalue weighted by molar-refractivity contribution is -0.119. The van der Waals surface area contributed by atoms with Gasteiger partial charge >= 0.3 is 6.09 Å². The van der Waals surface area contributed by atoms with Crippen molar-refractivity contribution in [2.24, 2.45) is 0 Å². The standard InChI is InChI=1S/C17H18N4O4/c1-10(22)18-8-13-9-21(17(23)25-13)12-2-3-14-15(6-12)24-5-4-11-7-19-20-16(11)14/h2-3,6-7,13H,4-5,8-9H2,1H3,(H,18,22)(H,19,20)/t13-/m0/s1. The van der Waals surface area contributed by atoms with Gasteiger partial charge in [0.1, 0.15) is 11.9 Å². The number of nitrogens with zero attached hydrogens (tertiary/aromatic N) is 2. The number of ether oxygens (including phenoxy) is 2. The number of amides is 2. The van der Waals surface area contributed by atoms with Gasteiger partial charge in [-0.2, -0.15) is 5.10 Å². The molecule has 25 heavy (non-hydrogen) atoms. The summed E-state index contributed by atoms with van der Waals surface area (Å²) in [5, 5.41) is 9.78. The Labute approximate surface area is 144 Å². The Bertz CT molecular complexity index is 832. The van der Waals surface area contributed by atoms with Crippen LogP contribution in [0.5, 0.6) is 5.75 Å². The first-order chi connectivity index (χ1) is 12.1. The third-order valence-electron chi connectivity index (χ3n) is 4.35. The molecule has 1 atom stereocenters. The van der Waals surface area contributed by atoms with Gasteiger partial charge in [0.15, 0.2) is 0 Å². The second kappa shape index (κ2) is 6.12. The summed E-state index contributed by atoms with van der Waals surface area (Å²) in [5.74, 6) is 0.557. The third kappa shape index (κ3) is 2.90. The highest BCUT2D eigenvalue weighted by Crippen LogP contribution is 2.37. The molecule has 0 unspecified atom stereocenters. The first-order valence-corrected chi connectivity index (χ1v) is 8.14. The van der Waals surface area contributed by atoms with Crippen molar-refractivity contribution in [1.82, 2.24) is 15.5 Å². The predicted molar refractivity (Wildman–Crippen MR) is 89.5 cm³/mol. The van der Waals surface area contributed by atoms with Gasteiger partial charge < -0.3 is 14.8 Å². The summed E-state index contributed by atoms with van der Waals surface area (Å²) in [6.07, 6.45) is 1.80. The molecule has 0 bridgehead atoms. The maximum Gasteiger partial charge on any atom is 0.414 e. The van der Waals surface area contributed by atoms with Crippen molar-refractivity contribution in [1.29, 1.82) is 0 Å². The van der Waals surface area contributed by atoms with Crippen LogP contribution in [0.1, 0.15) is 12.5 Å². The average molecular weight is 342 g/mol. The van der Waals surface area contributed by atoms with Crippen LogP contribution < -0.4 is 15.0 Å². The summed E-state index contributed by atoms with van der Waals surface area (Å²) < 4.78 is 11.2. The average Bonchev–Trinajstić information content (AvgIpc) is 3.15. The molecule has 2 aliphatic heterocycles. The SMILES string of the molecule is CC(=O)NC[C@H]1CN(c2ccc3c(c2)OCCc2cn[nH]c2-3)C(=O)O1. The molecule has 1 fully saturated rings. The van der Waals surface area contributed by atoms with Crippen molar-refractivity contribution in [3.8, 4) is 17.0 Å². The molecular formula is C17H18N4O4. The lowest BCUT2D eigenvalue weighted by atomic mass is 10.1. The van der Waals surface area contributed by atoms with Crippen LogP contribution in [-0.2, 0) is 16.0 Å². The lowest BCUT2D eigenvalue weighted by Crippen LogP contribution is -2.33. The molecule has 2 amide bonds. The second-order valence-corrected chi connectivity index (χ2v) is 6.10. The molecule has 0 spiro atoms. The monoisotopic (exact) mass is 342 g/mol. The van der Waals surface area contributed by atoms with Crippen LogP contribution in [0.25, 0.3) is 11.3 Å². The van der Waals surface area contributed by atoms with Gasteiger partial charge in [-0.3, -0.25) is 14.8 Å². The van der Waals surface area contributed by atoms with Crippen LogP contribution in [0, 0.1) is 0 Å². The van der Waals surface area contributed by atoms with E-state index in [1.165, 1.54) is 6.92 Å². The number of aromatic nitrogens is 2. The van der Waals surface area contributed by atoms with Crippen molar-refractivity contribution in [3.05, 3.63) is 30.0 Å². The van der Waals surface area contributed by atoms with Crippen LogP contribution in [0.4, 0.5) is 10.5 Å². The van der Waals surface area contributed by atoms with Crippen molar-refractivity contribution in [3.63, 3.8) is 0 Å². The van der Waals surface area contributed by atoms with Gasteiger partial charge in [0, 0.05) is 30.5 Å². The van der Waals surface area contributed by atoms with Gasteiger partial charge in [0.2, 0.25) is 5.91 Å². The number of anilines is 1. The van der Waals surface area contributed by atoms with Gasteiger partial charge in [-0.05, 0) is 12.1 Å². The third-order valence-corrected chi connectivity index (χ3v) is 4.35. The first-order valence-electron chi connectivity index (χ1n) is 8.14. The van der Waals surface area contributed by atoms with Crippen LogP contribution in [0.15, 0.2) is 24.4 Å². The highest BCUT2D eigenvalue weighted by atomic mass is 16.6. The number of cyclic esters (lactones) is 1. The highest BCUT2D eigenvalue weighted by Gasteiger charge is 2.33. The molecule has 4 rings (SSSR count). The van der Waals surface area contributed by atoms with Gasteiger partial charge in [0.25, 0.3) is 0 Å². The zero-order valence-corrected chi connectivity index (χ0v) is 13.7. The molecule has 2 aromatic rings. The van der Waals surface area contributed by atoms with Crippen LogP contribution in [0.2, 0.25) is 0 Å². The quantitative estimate of drug-likeness (QED) is 0.880. The number of hydrogen-bond acceptors (Lipinski definition) is 5. The minimum Gasteiger partial charge on any atom is -0.492 e. The summed E-state index contributed by atoms with van der Waals surface area (Å²) in [6, 6.07) is 5.62. The molecule has 2 aliphatic rings. The Morgan fingerprint density at radius 1 is 1.48 bits per heavy atom. The molecule has 130 valence electrons. The number of aromatic amines is 1. The summed E-state index contributed by atoms with van der Waals surface area (Å²) in [7, 11) is 0. The topological polar surface area (TPSA) is 96.5 Å².